The van der Waals surface area contributed by atoms with Gasteiger partial charge in [-0.15, -0.1) is 0 Å². The van der Waals surface area contributed by atoms with Crippen LogP contribution in [-0.2, 0) is 4.79 Å². The number of carbonyl (C=O) groups excluding carboxylic acids is 1. The SMILES string of the molecule is C=C(N/C=C(/C)C(C)=O)C(C)CC. The highest BCUT2D eigenvalue weighted by Gasteiger charge is 2.02. The number of Topliss-reactive ketones (excluding diaryl/α,β-unsaturated/α-hetero) is 1. The van der Waals surface area contributed by atoms with Gasteiger partial charge in [0.25, 0.3) is 0 Å². The van der Waals surface area contributed by atoms with Crippen LogP contribution in [0.4, 0.5) is 0 Å². The summed E-state index contributed by atoms with van der Waals surface area (Å²) < 4.78 is 0. The fourth-order valence-electron chi connectivity index (χ4n) is 0.691. The Bertz CT molecular complexity index is 228. The van der Waals surface area contributed by atoms with Gasteiger partial charge in [-0.05, 0) is 26.2 Å². The predicted octanol–water partition coefficient (Wildman–Crippen LogP) is 2.63. The average Bonchev–Trinajstić information content (AvgIpc) is 2.11. The smallest absolute Gasteiger partial charge is 0.156 e. The van der Waals surface area contributed by atoms with Crippen LogP contribution in [0.25, 0.3) is 0 Å². The summed E-state index contributed by atoms with van der Waals surface area (Å²) >= 11 is 0. The summed E-state index contributed by atoms with van der Waals surface area (Å²) in [6.07, 6.45) is 2.77. The van der Waals surface area contributed by atoms with Gasteiger partial charge in [0.05, 0.1) is 0 Å². The summed E-state index contributed by atoms with van der Waals surface area (Å²) in [4.78, 5) is 10.9. The number of carbonyl (C=O) groups is 1. The van der Waals surface area contributed by atoms with Gasteiger partial charge in [-0.25, -0.2) is 0 Å². The van der Waals surface area contributed by atoms with E-state index < -0.39 is 0 Å². The van der Waals surface area contributed by atoms with Crippen LogP contribution in [0.1, 0.15) is 34.1 Å². The van der Waals surface area contributed by atoms with Gasteiger partial charge in [-0.1, -0.05) is 20.4 Å². The van der Waals surface area contributed by atoms with Crippen molar-refractivity contribution >= 4 is 5.78 Å². The number of allylic oxidation sites excluding steroid dienone is 2. The van der Waals surface area contributed by atoms with Crippen molar-refractivity contribution in [3.8, 4) is 0 Å². The van der Waals surface area contributed by atoms with Crippen LogP contribution >= 0.6 is 0 Å². The van der Waals surface area contributed by atoms with Gasteiger partial charge >= 0.3 is 0 Å². The lowest BCUT2D eigenvalue weighted by Gasteiger charge is -2.12. The van der Waals surface area contributed by atoms with Gasteiger partial charge in [0, 0.05) is 17.5 Å². The van der Waals surface area contributed by atoms with E-state index in [9.17, 15) is 4.79 Å². The van der Waals surface area contributed by atoms with E-state index in [0.717, 1.165) is 17.7 Å². The molecule has 2 heteroatoms. The van der Waals surface area contributed by atoms with Gasteiger partial charge in [-0.3, -0.25) is 4.79 Å². The number of hydrogen-bond acceptors (Lipinski definition) is 2. The molecule has 13 heavy (non-hydrogen) atoms. The van der Waals surface area contributed by atoms with Crippen molar-refractivity contribution in [3.05, 3.63) is 24.0 Å². The highest BCUT2D eigenvalue weighted by atomic mass is 16.1. The molecule has 1 atom stereocenters. The standard InChI is InChI=1S/C11H19NO/c1-6-8(2)10(4)12-7-9(3)11(5)13/h7-8,12H,4,6H2,1-3,5H3/b9-7-. The first-order valence-corrected chi connectivity index (χ1v) is 4.62. The highest BCUT2D eigenvalue weighted by Crippen LogP contribution is 2.08. The van der Waals surface area contributed by atoms with Gasteiger partial charge in [0.2, 0.25) is 0 Å². The van der Waals surface area contributed by atoms with E-state index in [1.165, 1.54) is 0 Å². The van der Waals surface area contributed by atoms with E-state index >= 15 is 0 Å². The molecule has 0 fully saturated rings. The van der Waals surface area contributed by atoms with Crippen molar-refractivity contribution in [2.45, 2.75) is 34.1 Å². The first-order valence-electron chi connectivity index (χ1n) is 4.62. The van der Waals surface area contributed by atoms with Crippen molar-refractivity contribution in [2.75, 3.05) is 0 Å². The van der Waals surface area contributed by atoms with E-state index in [-0.39, 0.29) is 5.78 Å². The molecule has 0 spiro atoms. The van der Waals surface area contributed by atoms with Crippen molar-refractivity contribution in [2.24, 2.45) is 5.92 Å². The Labute approximate surface area is 80.7 Å². The van der Waals surface area contributed by atoms with E-state index in [2.05, 4.69) is 25.7 Å². The lowest BCUT2D eigenvalue weighted by Crippen LogP contribution is -2.12. The second-order valence-electron chi connectivity index (χ2n) is 3.36. The molecule has 0 aliphatic carbocycles. The Hall–Kier alpha value is -1.05. The first-order chi connectivity index (χ1) is 5.99. The number of ketones is 1. The molecule has 0 bridgehead atoms. The van der Waals surface area contributed by atoms with E-state index in [4.69, 9.17) is 0 Å². The van der Waals surface area contributed by atoms with Crippen molar-refractivity contribution < 1.29 is 4.79 Å². The minimum Gasteiger partial charge on any atom is -0.365 e. The Balaban J connectivity index is 4.09. The normalized spacial score (nSPS) is 13.7. The van der Waals surface area contributed by atoms with E-state index in [1.54, 1.807) is 20.0 Å². The van der Waals surface area contributed by atoms with Gasteiger partial charge in [0.1, 0.15) is 0 Å². The van der Waals surface area contributed by atoms with Crippen LogP contribution in [0.2, 0.25) is 0 Å². The Morgan fingerprint density at radius 1 is 1.54 bits per heavy atom. The predicted molar refractivity (Wildman–Crippen MR) is 56.2 cm³/mol. The molecule has 0 aromatic rings. The largest absolute Gasteiger partial charge is 0.365 e. The molecule has 0 rings (SSSR count). The Morgan fingerprint density at radius 3 is 2.46 bits per heavy atom. The molecule has 0 aromatic carbocycles. The zero-order valence-corrected chi connectivity index (χ0v) is 8.98. The van der Waals surface area contributed by atoms with Gasteiger partial charge in [0.15, 0.2) is 5.78 Å². The van der Waals surface area contributed by atoms with Crippen LogP contribution in [0.15, 0.2) is 24.0 Å². The fourth-order valence-corrected chi connectivity index (χ4v) is 0.691. The summed E-state index contributed by atoms with van der Waals surface area (Å²) in [7, 11) is 0. The molecule has 74 valence electrons. The molecule has 0 aromatic heterocycles. The van der Waals surface area contributed by atoms with Crippen LogP contribution < -0.4 is 5.32 Å². The molecule has 2 nitrogen and oxygen atoms in total. The third-order valence-corrected chi connectivity index (χ3v) is 2.24. The van der Waals surface area contributed by atoms with Crippen LogP contribution in [-0.4, -0.2) is 5.78 Å². The molecule has 1 N–H and O–H groups in total. The molecular weight excluding hydrogens is 162 g/mol. The van der Waals surface area contributed by atoms with Crippen molar-refractivity contribution in [3.63, 3.8) is 0 Å². The zero-order chi connectivity index (χ0) is 10.4. The summed E-state index contributed by atoms with van der Waals surface area (Å²) in [5, 5.41) is 3.04. The minimum atomic E-state index is 0.0875. The molecule has 0 amide bonds. The number of hydrogen-bond donors (Lipinski definition) is 1. The topological polar surface area (TPSA) is 29.1 Å². The summed E-state index contributed by atoms with van der Waals surface area (Å²) in [6, 6.07) is 0. The van der Waals surface area contributed by atoms with Crippen LogP contribution in [0.5, 0.6) is 0 Å². The monoisotopic (exact) mass is 181 g/mol. The fraction of sp³-hybridized carbons (Fsp3) is 0.545. The first kappa shape index (κ1) is 11.9. The quantitative estimate of drug-likeness (QED) is 0.660. The second-order valence-corrected chi connectivity index (χ2v) is 3.36. The van der Waals surface area contributed by atoms with Crippen LogP contribution in [0.3, 0.4) is 0 Å². The highest BCUT2D eigenvalue weighted by molar-refractivity contribution is 5.92. The molecule has 0 saturated carbocycles. The van der Waals surface area contributed by atoms with Gasteiger partial charge < -0.3 is 5.32 Å². The number of nitrogens with one attached hydrogen (secondary N) is 1. The zero-order valence-electron chi connectivity index (χ0n) is 8.98. The Morgan fingerprint density at radius 2 is 2.08 bits per heavy atom. The maximum atomic E-state index is 10.9. The van der Waals surface area contributed by atoms with Crippen molar-refractivity contribution in [1.29, 1.82) is 0 Å². The molecule has 0 saturated heterocycles. The molecule has 1 unspecified atom stereocenters. The lowest BCUT2D eigenvalue weighted by molar-refractivity contribution is -0.113. The van der Waals surface area contributed by atoms with Gasteiger partial charge in [-0.2, -0.15) is 0 Å². The molecule has 0 radical (unpaired) electrons. The van der Waals surface area contributed by atoms with E-state index in [0.29, 0.717) is 5.92 Å². The van der Waals surface area contributed by atoms with Crippen molar-refractivity contribution in [1.82, 2.24) is 5.32 Å². The molecular formula is C11H19NO. The summed E-state index contributed by atoms with van der Waals surface area (Å²) in [6.45, 7) is 11.4. The second kappa shape index (κ2) is 5.57. The lowest BCUT2D eigenvalue weighted by atomic mass is 10.1. The molecule has 0 aliphatic heterocycles. The third-order valence-electron chi connectivity index (χ3n) is 2.24. The summed E-state index contributed by atoms with van der Waals surface area (Å²) in [5.41, 5.74) is 1.69. The average molecular weight is 181 g/mol. The molecule has 0 heterocycles. The third kappa shape index (κ3) is 4.51. The maximum absolute atomic E-state index is 10.9. The number of rotatable bonds is 5. The van der Waals surface area contributed by atoms with Crippen LogP contribution in [0, 0.1) is 5.92 Å². The van der Waals surface area contributed by atoms with E-state index in [1.807, 2.05) is 0 Å². The Kier molecular flexibility index (Phi) is 5.12. The molecule has 0 aliphatic rings. The minimum absolute atomic E-state index is 0.0875. The maximum Gasteiger partial charge on any atom is 0.156 e. The summed E-state index contributed by atoms with van der Waals surface area (Å²) in [5.74, 6) is 0.528.